The summed E-state index contributed by atoms with van der Waals surface area (Å²) in [4.78, 5) is 23.0. The lowest BCUT2D eigenvalue weighted by atomic mass is 9.69. The van der Waals surface area contributed by atoms with E-state index in [1.54, 1.807) is 0 Å². The van der Waals surface area contributed by atoms with E-state index in [2.05, 4.69) is 10.6 Å². The van der Waals surface area contributed by atoms with E-state index in [1.165, 1.54) is 19.2 Å². The van der Waals surface area contributed by atoms with Gasteiger partial charge in [-0.25, -0.2) is 9.18 Å². The third kappa shape index (κ3) is 3.24. The number of rotatable bonds is 5. The molecule has 1 aromatic rings. The quantitative estimate of drug-likeness (QED) is 0.777. The molecule has 0 radical (unpaired) electrons. The number of carboxylic acids is 1. The third-order valence-electron chi connectivity index (χ3n) is 3.76. The summed E-state index contributed by atoms with van der Waals surface area (Å²) in [5, 5.41) is 14.2. The standard InChI is InChI=1S/C14H17FN2O4/c1-21-11-7-9(15)3-4-10(11)17-13(20)16-8-14(12(18)19)5-2-6-14/h3-4,7H,2,5-6,8H2,1H3,(H,18,19)(H2,16,17,20). The van der Waals surface area contributed by atoms with Gasteiger partial charge in [-0.15, -0.1) is 0 Å². The highest BCUT2D eigenvalue weighted by atomic mass is 19.1. The van der Waals surface area contributed by atoms with Gasteiger partial charge in [0.1, 0.15) is 11.6 Å². The number of urea groups is 1. The van der Waals surface area contributed by atoms with Gasteiger partial charge in [0.15, 0.2) is 0 Å². The molecule has 6 nitrogen and oxygen atoms in total. The first-order chi connectivity index (χ1) is 9.97. The van der Waals surface area contributed by atoms with Crippen LogP contribution in [0.5, 0.6) is 5.75 Å². The molecule has 0 saturated heterocycles. The average Bonchev–Trinajstić information content (AvgIpc) is 2.39. The molecule has 2 rings (SSSR count). The summed E-state index contributed by atoms with van der Waals surface area (Å²) >= 11 is 0. The van der Waals surface area contributed by atoms with Crippen molar-refractivity contribution in [3.8, 4) is 5.75 Å². The molecule has 1 fully saturated rings. The lowest BCUT2D eigenvalue weighted by Crippen LogP contribution is -2.48. The lowest BCUT2D eigenvalue weighted by molar-refractivity contribution is -0.153. The van der Waals surface area contributed by atoms with Gasteiger partial charge >= 0.3 is 12.0 Å². The van der Waals surface area contributed by atoms with Crippen molar-refractivity contribution in [2.24, 2.45) is 5.41 Å². The fraction of sp³-hybridized carbons (Fsp3) is 0.429. The zero-order valence-electron chi connectivity index (χ0n) is 11.6. The molecule has 0 unspecified atom stereocenters. The van der Waals surface area contributed by atoms with E-state index in [1.807, 2.05) is 0 Å². The summed E-state index contributed by atoms with van der Waals surface area (Å²) in [5.41, 5.74) is -0.543. The van der Waals surface area contributed by atoms with Gasteiger partial charge in [0, 0.05) is 12.6 Å². The van der Waals surface area contributed by atoms with Gasteiger partial charge in [0.2, 0.25) is 0 Å². The van der Waals surface area contributed by atoms with E-state index in [-0.39, 0.29) is 12.3 Å². The number of benzene rings is 1. The highest BCUT2D eigenvalue weighted by molar-refractivity contribution is 5.91. The summed E-state index contributed by atoms with van der Waals surface area (Å²) in [5.74, 6) is -1.17. The van der Waals surface area contributed by atoms with Crippen molar-refractivity contribution in [2.45, 2.75) is 19.3 Å². The largest absolute Gasteiger partial charge is 0.494 e. The number of methoxy groups -OCH3 is 1. The van der Waals surface area contributed by atoms with Crippen LogP contribution in [0.3, 0.4) is 0 Å². The van der Waals surface area contributed by atoms with Crippen LogP contribution in [0.2, 0.25) is 0 Å². The SMILES string of the molecule is COc1cc(F)ccc1NC(=O)NCC1(C(=O)O)CCC1. The first-order valence-electron chi connectivity index (χ1n) is 6.59. The normalized spacial score (nSPS) is 15.7. The Morgan fingerprint density at radius 1 is 1.43 bits per heavy atom. The summed E-state index contributed by atoms with van der Waals surface area (Å²) < 4.78 is 18.0. The molecule has 0 bridgehead atoms. The number of hydrogen-bond acceptors (Lipinski definition) is 3. The second kappa shape index (κ2) is 5.99. The second-order valence-electron chi connectivity index (χ2n) is 5.09. The maximum absolute atomic E-state index is 13.0. The van der Waals surface area contributed by atoms with Crippen LogP contribution < -0.4 is 15.4 Å². The number of carboxylic acid groups (broad SMARTS) is 1. The summed E-state index contributed by atoms with van der Waals surface area (Å²) in [6.07, 6.45) is 1.96. The lowest BCUT2D eigenvalue weighted by Gasteiger charge is -2.37. The Labute approximate surface area is 121 Å². The Balaban J connectivity index is 1.95. The fourth-order valence-corrected chi connectivity index (χ4v) is 2.25. The van der Waals surface area contributed by atoms with Gasteiger partial charge < -0.3 is 20.5 Å². The van der Waals surface area contributed by atoms with Crippen LogP contribution in [-0.2, 0) is 4.79 Å². The monoisotopic (exact) mass is 296 g/mol. The zero-order chi connectivity index (χ0) is 15.5. The molecule has 0 aromatic heterocycles. The molecule has 1 saturated carbocycles. The van der Waals surface area contributed by atoms with Crippen LogP contribution in [0.15, 0.2) is 18.2 Å². The molecule has 0 heterocycles. The topological polar surface area (TPSA) is 87.7 Å². The minimum absolute atomic E-state index is 0.0671. The van der Waals surface area contributed by atoms with Crippen LogP contribution >= 0.6 is 0 Å². The van der Waals surface area contributed by atoms with Crippen LogP contribution in [0.25, 0.3) is 0 Å². The molecule has 0 atom stereocenters. The van der Waals surface area contributed by atoms with E-state index in [0.29, 0.717) is 18.5 Å². The Bertz CT molecular complexity index is 558. The Morgan fingerprint density at radius 2 is 2.14 bits per heavy atom. The van der Waals surface area contributed by atoms with Crippen molar-refractivity contribution in [1.29, 1.82) is 0 Å². The van der Waals surface area contributed by atoms with Gasteiger partial charge in [-0.1, -0.05) is 6.42 Å². The van der Waals surface area contributed by atoms with Crippen molar-refractivity contribution in [3.63, 3.8) is 0 Å². The fourth-order valence-electron chi connectivity index (χ4n) is 2.25. The molecule has 1 aliphatic carbocycles. The molecule has 3 N–H and O–H groups in total. The number of amides is 2. The number of ether oxygens (including phenoxy) is 1. The molecule has 0 aliphatic heterocycles. The van der Waals surface area contributed by atoms with E-state index in [9.17, 15) is 14.0 Å². The molecular weight excluding hydrogens is 279 g/mol. The highest BCUT2D eigenvalue weighted by Crippen LogP contribution is 2.40. The first-order valence-corrected chi connectivity index (χ1v) is 6.59. The Morgan fingerprint density at radius 3 is 2.67 bits per heavy atom. The van der Waals surface area contributed by atoms with E-state index in [0.717, 1.165) is 12.5 Å². The Kier molecular flexibility index (Phi) is 4.30. The van der Waals surface area contributed by atoms with Crippen LogP contribution in [0.1, 0.15) is 19.3 Å². The Hall–Kier alpha value is -2.31. The third-order valence-corrected chi connectivity index (χ3v) is 3.76. The second-order valence-corrected chi connectivity index (χ2v) is 5.09. The van der Waals surface area contributed by atoms with Crippen molar-refractivity contribution < 1.29 is 23.8 Å². The number of nitrogens with one attached hydrogen (secondary N) is 2. The zero-order valence-corrected chi connectivity index (χ0v) is 11.6. The van der Waals surface area contributed by atoms with Crippen LogP contribution in [0.4, 0.5) is 14.9 Å². The minimum atomic E-state index is -0.895. The number of hydrogen-bond donors (Lipinski definition) is 3. The minimum Gasteiger partial charge on any atom is -0.494 e. The molecule has 7 heteroatoms. The molecule has 114 valence electrons. The van der Waals surface area contributed by atoms with Gasteiger partial charge in [-0.05, 0) is 25.0 Å². The van der Waals surface area contributed by atoms with E-state index < -0.39 is 23.2 Å². The summed E-state index contributed by atoms with van der Waals surface area (Å²) in [6, 6.07) is 3.18. The van der Waals surface area contributed by atoms with E-state index >= 15 is 0 Å². The predicted octanol–water partition coefficient (Wildman–Crippen LogP) is 2.21. The molecule has 2 amide bonds. The van der Waals surface area contributed by atoms with Gasteiger partial charge in [-0.2, -0.15) is 0 Å². The maximum Gasteiger partial charge on any atom is 0.319 e. The van der Waals surface area contributed by atoms with Gasteiger partial charge in [0.05, 0.1) is 18.2 Å². The van der Waals surface area contributed by atoms with Gasteiger partial charge in [0.25, 0.3) is 0 Å². The highest BCUT2D eigenvalue weighted by Gasteiger charge is 2.44. The number of aliphatic carboxylic acids is 1. The van der Waals surface area contributed by atoms with Crippen LogP contribution in [0, 0.1) is 11.2 Å². The van der Waals surface area contributed by atoms with Crippen molar-refractivity contribution in [3.05, 3.63) is 24.0 Å². The molecule has 0 spiro atoms. The molecule has 21 heavy (non-hydrogen) atoms. The van der Waals surface area contributed by atoms with Crippen molar-refractivity contribution in [1.82, 2.24) is 5.32 Å². The first kappa shape index (κ1) is 15.1. The number of halogens is 1. The summed E-state index contributed by atoms with van der Waals surface area (Å²) in [7, 11) is 1.37. The average molecular weight is 296 g/mol. The van der Waals surface area contributed by atoms with Crippen LogP contribution in [-0.4, -0.2) is 30.8 Å². The number of carbonyl (C=O) groups excluding carboxylic acids is 1. The smallest absolute Gasteiger partial charge is 0.319 e. The van der Waals surface area contributed by atoms with Crippen molar-refractivity contribution >= 4 is 17.7 Å². The molecule has 1 aliphatic rings. The molecule has 1 aromatic carbocycles. The van der Waals surface area contributed by atoms with Gasteiger partial charge in [-0.3, -0.25) is 4.79 Å². The number of carbonyl (C=O) groups is 2. The summed E-state index contributed by atoms with van der Waals surface area (Å²) in [6.45, 7) is 0.0671. The van der Waals surface area contributed by atoms with Crippen molar-refractivity contribution in [2.75, 3.05) is 19.0 Å². The predicted molar refractivity (Wildman–Crippen MR) is 73.9 cm³/mol. The molecular formula is C14H17FN2O4. The maximum atomic E-state index is 13.0. The number of anilines is 1. The van der Waals surface area contributed by atoms with E-state index in [4.69, 9.17) is 9.84 Å².